The number of rotatable bonds is 15. The average molecular weight is 498 g/mol. The quantitative estimate of drug-likeness (QED) is 0.220. The highest BCUT2D eigenvalue weighted by atomic mass is 35.5. The molecule has 0 unspecified atom stereocenters. The summed E-state index contributed by atoms with van der Waals surface area (Å²) in [6.07, 6.45) is 11.8. The first kappa shape index (κ1) is 29.9. The van der Waals surface area contributed by atoms with Crippen molar-refractivity contribution in [1.82, 2.24) is 5.32 Å². The summed E-state index contributed by atoms with van der Waals surface area (Å²) in [5.41, 5.74) is 3.66. The predicted octanol–water partition coefficient (Wildman–Crippen LogP) is 6.30. The second-order valence-electron chi connectivity index (χ2n) is 8.04. The summed E-state index contributed by atoms with van der Waals surface area (Å²) in [7, 11) is 0. The van der Waals surface area contributed by atoms with Crippen molar-refractivity contribution in [2.24, 2.45) is 0 Å². The average Bonchev–Trinajstić information content (AvgIpc) is 2.82. The number of esters is 1. The second kappa shape index (κ2) is 16.5. The van der Waals surface area contributed by atoms with Crippen molar-refractivity contribution in [1.29, 1.82) is 0 Å². The van der Waals surface area contributed by atoms with E-state index in [1.807, 2.05) is 56.3 Å². The van der Waals surface area contributed by atoms with E-state index in [-0.39, 0.29) is 13.0 Å². The SMILES string of the molecule is C=C\C=C(Cl)/C=C(C)/C(C=C)=C/C=C(\C)C[C@H](N[C@@H](CCc1ccccc1)C(=O)OCC)C(=O)O. The molecule has 35 heavy (non-hydrogen) atoms. The Labute approximate surface area is 214 Å². The molecule has 188 valence electrons. The molecule has 0 fully saturated rings. The normalized spacial score (nSPS) is 14.7. The largest absolute Gasteiger partial charge is 0.480 e. The fourth-order valence-electron chi connectivity index (χ4n) is 3.36. The summed E-state index contributed by atoms with van der Waals surface area (Å²) in [6, 6.07) is 8.07. The van der Waals surface area contributed by atoms with Crippen molar-refractivity contribution in [3.05, 3.63) is 107 Å². The molecule has 0 heterocycles. The van der Waals surface area contributed by atoms with Crippen LogP contribution in [-0.4, -0.2) is 35.7 Å². The number of allylic oxidation sites excluding steroid dienone is 9. The number of carbonyl (C=O) groups excluding carboxylic acids is 1. The van der Waals surface area contributed by atoms with E-state index >= 15 is 0 Å². The Morgan fingerprint density at radius 3 is 2.37 bits per heavy atom. The van der Waals surface area contributed by atoms with Crippen LogP contribution in [-0.2, 0) is 20.7 Å². The number of carboxylic acid groups (broad SMARTS) is 1. The lowest BCUT2D eigenvalue weighted by molar-refractivity contribution is -0.147. The molecule has 0 aromatic heterocycles. The Hall–Kier alpha value is -3.15. The van der Waals surface area contributed by atoms with Crippen LogP contribution in [0.5, 0.6) is 0 Å². The lowest BCUT2D eigenvalue weighted by Crippen LogP contribution is -2.48. The number of carbonyl (C=O) groups is 2. The molecule has 1 aromatic rings. The number of nitrogens with one attached hydrogen (secondary N) is 1. The number of hydrogen-bond donors (Lipinski definition) is 2. The van der Waals surface area contributed by atoms with Gasteiger partial charge in [0.05, 0.1) is 6.61 Å². The molecule has 0 aliphatic rings. The molecule has 0 bridgehead atoms. The number of benzene rings is 1. The van der Waals surface area contributed by atoms with Crippen molar-refractivity contribution >= 4 is 23.5 Å². The lowest BCUT2D eigenvalue weighted by atomic mass is 10.0. The number of carboxylic acids is 1. The summed E-state index contributed by atoms with van der Waals surface area (Å²) >= 11 is 6.13. The number of hydrogen-bond acceptors (Lipinski definition) is 4. The van der Waals surface area contributed by atoms with Crippen LogP contribution in [0.1, 0.15) is 39.2 Å². The summed E-state index contributed by atoms with van der Waals surface area (Å²) in [4.78, 5) is 24.5. The van der Waals surface area contributed by atoms with Crippen molar-refractivity contribution < 1.29 is 19.4 Å². The Morgan fingerprint density at radius 1 is 1.11 bits per heavy atom. The van der Waals surface area contributed by atoms with Crippen LogP contribution >= 0.6 is 11.6 Å². The molecule has 5 nitrogen and oxygen atoms in total. The monoisotopic (exact) mass is 497 g/mol. The van der Waals surface area contributed by atoms with Gasteiger partial charge in [0.25, 0.3) is 0 Å². The highest BCUT2D eigenvalue weighted by Crippen LogP contribution is 2.17. The van der Waals surface area contributed by atoms with Crippen LogP contribution in [0.3, 0.4) is 0 Å². The van der Waals surface area contributed by atoms with E-state index in [0.717, 1.165) is 22.3 Å². The summed E-state index contributed by atoms with van der Waals surface area (Å²) < 4.78 is 5.19. The maximum atomic E-state index is 12.5. The molecule has 0 aliphatic carbocycles. The van der Waals surface area contributed by atoms with E-state index in [2.05, 4.69) is 18.5 Å². The summed E-state index contributed by atoms with van der Waals surface area (Å²) in [5, 5.41) is 13.4. The topological polar surface area (TPSA) is 75.6 Å². The fourth-order valence-corrected chi connectivity index (χ4v) is 3.61. The molecule has 6 heteroatoms. The van der Waals surface area contributed by atoms with Gasteiger partial charge in [-0.15, -0.1) is 0 Å². The summed E-state index contributed by atoms with van der Waals surface area (Å²) in [6.45, 7) is 13.2. The van der Waals surface area contributed by atoms with Gasteiger partial charge in [0, 0.05) is 5.03 Å². The van der Waals surface area contributed by atoms with E-state index < -0.39 is 24.0 Å². The zero-order valence-corrected chi connectivity index (χ0v) is 21.6. The van der Waals surface area contributed by atoms with Gasteiger partial charge in [-0.25, -0.2) is 0 Å². The van der Waals surface area contributed by atoms with Gasteiger partial charge in [0.15, 0.2) is 0 Å². The van der Waals surface area contributed by atoms with Crippen LogP contribution in [0.25, 0.3) is 0 Å². The number of aliphatic carboxylic acids is 1. The van der Waals surface area contributed by atoms with Gasteiger partial charge in [-0.05, 0) is 68.9 Å². The lowest BCUT2D eigenvalue weighted by Gasteiger charge is -2.22. The van der Waals surface area contributed by atoms with Gasteiger partial charge in [0.2, 0.25) is 0 Å². The minimum Gasteiger partial charge on any atom is -0.480 e. The fraction of sp³-hybridized carbons (Fsp3) is 0.310. The van der Waals surface area contributed by atoms with Crippen LogP contribution in [0, 0.1) is 0 Å². The molecule has 2 atom stereocenters. The Kier molecular flexibility index (Phi) is 14.1. The maximum Gasteiger partial charge on any atom is 0.323 e. The van der Waals surface area contributed by atoms with Gasteiger partial charge in [-0.2, -0.15) is 0 Å². The van der Waals surface area contributed by atoms with Crippen molar-refractivity contribution in [2.75, 3.05) is 6.61 Å². The molecule has 1 rings (SSSR count). The van der Waals surface area contributed by atoms with Gasteiger partial charge in [-0.1, -0.05) is 85.0 Å². The van der Waals surface area contributed by atoms with Gasteiger partial charge in [-0.3, -0.25) is 14.9 Å². The van der Waals surface area contributed by atoms with Crippen molar-refractivity contribution in [3.63, 3.8) is 0 Å². The molecule has 0 radical (unpaired) electrons. The summed E-state index contributed by atoms with van der Waals surface area (Å²) in [5.74, 6) is -1.48. The highest BCUT2D eigenvalue weighted by Gasteiger charge is 2.27. The Balaban J connectivity index is 3.00. The minimum atomic E-state index is -1.03. The number of halogens is 1. The predicted molar refractivity (Wildman–Crippen MR) is 144 cm³/mol. The molecule has 1 aromatic carbocycles. The first-order valence-electron chi connectivity index (χ1n) is 11.6. The molecule has 0 saturated heterocycles. The second-order valence-corrected chi connectivity index (χ2v) is 8.48. The smallest absolute Gasteiger partial charge is 0.323 e. The molecule has 2 N–H and O–H groups in total. The van der Waals surface area contributed by atoms with E-state index in [1.165, 1.54) is 0 Å². The van der Waals surface area contributed by atoms with E-state index in [1.54, 1.807) is 31.2 Å². The molecular formula is C29H36ClNO4. The number of aryl methyl sites for hydroxylation is 1. The molecular weight excluding hydrogens is 462 g/mol. The van der Waals surface area contributed by atoms with Gasteiger partial charge >= 0.3 is 11.9 Å². The van der Waals surface area contributed by atoms with Gasteiger partial charge < -0.3 is 9.84 Å². The van der Waals surface area contributed by atoms with Crippen LogP contribution in [0.4, 0.5) is 0 Å². The minimum absolute atomic E-state index is 0.220. The first-order chi connectivity index (χ1) is 16.7. The van der Waals surface area contributed by atoms with Crippen molar-refractivity contribution in [2.45, 2.75) is 52.1 Å². The Bertz CT molecular complexity index is 989. The third-order valence-corrected chi connectivity index (χ3v) is 5.45. The van der Waals surface area contributed by atoms with Crippen molar-refractivity contribution in [3.8, 4) is 0 Å². The molecule has 0 amide bonds. The first-order valence-corrected chi connectivity index (χ1v) is 12.0. The zero-order valence-electron chi connectivity index (χ0n) is 20.8. The van der Waals surface area contributed by atoms with E-state index in [9.17, 15) is 14.7 Å². The molecule has 0 saturated carbocycles. The zero-order chi connectivity index (χ0) is 26.2. The van der Waals surface area contributed by atoms with Gasteiger partial charge in [0.1, 0.15) is 12.1 Å². The standard InChI is InChI=1S/C29H36ClNO4/c1-6-12-25(30)20-22(5)24(7-2)17-15-21(4)19-27(28(32)33)31-26(29(34)35-8-3)18-16-23-13-10-9-11-14-23/h6-7,9-15,17,20,26-27,31H,1-2,8,16,18-19H2,3-5H3,(H,32,33)/b21-15+,22-20+,24-17+,25-12+/t26-,27-/m0/s1. The maximum absolute atomic E-state index is 12.5. The van der Waals surface area contributed by atoms with Crippen LogP contribution in [0.15, 0.2) is 102 Å². The van der Waals surface area contributed by atoms with Crippen LogP contribution in [0.2, 0.25) is 0 Å². The molecule has 0 spiro atoms. The third-order valence-electron chi connectivity index (χ3n) is 5.22. The van der Waals surface area contributed by atoms with Crippen LogP contribution < -0.4 is 5.32 Å². The molecule has 0 aliphatic heterocycles. The Morgan fingerprint density at radius 2 is 1.80 bits per heavy atom. The number of ether oxygens (including phenoxy) is 1. The highest BCUT2D eigenvalue weighted by molar-refractivity contribution is 6.31. The van der Waals surface area contributed by atoms with E-state index in [0.29, 0.717) is 17.9 Å². The van der Waals surface area contributed by atoms with E-state index in [4.69, 9.17) is 16.3 Å². The third kappa shape index (κ3) is 11.7.